The molecule has 1 rings (SSSR count). The Morgan fingerprint density at radius 3 is 2.36 bits per heavy atom. The van der Waals surface area contributed by atoms with Crippen LogP contribution in [-0.4, -0.2) is 0 Å². The molecule has 1 aromatic carbocycles. The second-order valence-electron chi connectivity index (χ2n) is 3.20. The number of aryl methyl sites for hydroxylation is 1. The van der Waals surface area contributed by atoms with Crippen LogP contribution in [0.15, 0.2) is 18.2 Å². The van der Waals surface area contributed by atoms with Crippen molar-refractivity contribution in [3.8, 4) is 5.75 Å². The first kappa shape index (κ1) is 8.12. The molecule has 1 aromatic rings. The van der Waals surface area contributed by atoms with Crippen molar-refractivity contribution in [2.24, 2.45) is 0 Å². The fourth-order valence-electron chi connectivity index (χ4n) is 1.12. The summed E-state index contributed by atoms with van der Waals surface area (Å²) in [6.45, 7) is 6.00. The van der Waals surface area contributed by atoms with Crippen molar-refractivity contribution in [1.82, 2.24) is 0 Å². The van der Waals surface area contributed by atoms with Crippen molar-refractivity contribution in [1.29, 1.82) is 0 Å². The highest BCUT2D eigenvalue weighted by molar-refractivity contribution is 5.37. The van der Waals surface area contributed by atoms with Crippen LogP contribution >= 0.6 is 0 Å². The third kappa shape index (κ3) is 1.73. The molecular weight excluding hydrogens is 136 g/mol. The summed E-state index contributed by atoms with van der Waals surface area (Å²) in [6.07, 6.45) is 0. The second kappa shape index (κ2) is 2.95. The Morgan fingerprint density at radius 1 is 1.27 bits per heavy atom. The average Bonchev–Trinajstić information content (AvgIpc) is 1.85. The zero-order valence-corrected chi connectivity index (χ0v) is 7.22. The van der Waals surface area contributed by atoms with Crippen LogP contribution in [-0.2, 0) is 5.11 Å². The summed E-state index contributed by atoms with van der Waals surface area (Å²) in [5.74, 6) is 0.503. The van der Waals surface area contributed by atoms with E-state index in [-0.39, 0.29) is 5.75 Å². The minimum Gasteiger partial charge on any atom is -0.290 e. The van der Waals surface area contributed by atoms with Crippen LogP contribution < -0.4 is 0 Å². The first-order valence-electron chi connectivity index (χ1n) is 3.89. The van der Waals surface area contributed by atoms with Gasteiger partial charge >= 0.3 is 0 Å². The molecule has 0 aliphatic carbocycles. The van der Waals surface area contributed by atoms with Crippen molar-refractivity contribution in [2.45, 2.75) is 26.7 Å². The third-order valence-electron chi connectivity index (χ3n) is 1.79. The zero-order chi connectivity index (χ0) is 8.43. The van der Waals surface area contributed by atoms with E-state index in [2.05, 4.69) is 0 Å². The lowest BCUT2D eigenvalue weighted by Crippen LogP contribution is -1.87. The molecule has 0 bridgehead atoms. The molecule has 0 aromatic heterocycles. The van der Waals surface area contributed by atoms with Crippen LogP contribution in [0.25, 0.3) is 0 Å². The van der Waals surface area contributed by atoms with Gasteiger partial charge in [-0.25, -0.2) is 0 Å². The number of benzene rings is 1. The number of hydrogen-bond acceptors (Lipinski definition) is 0. The molecule has 0 N–H and O–H groups in total. The Morgan fingerprint density at radius 2 is 1.91 bits per heavy atom. The number of hydrogen-bond donors (Lipinski definition) is 0. The molecule has 0 saturated heterocycles. The first-order valence-corrected chi connectivity index (χ1v) is 3.89. The Labute approximate surface area is 67.7 Å². The van der Waals surface area contributed by atoms with Crippen LogP contribution in [0.1, 0.15) is 30.9 Å². The number of rotatable bonds is 1. The van der Waals surface area contributed by atoms with E-state index >= 15 is 0 Å². The minimum absolute atomic E-state index is 0.167. The summed E-state index contributed by atoms with van der Waals surface area (Å²) in [7, 11) is 0. The lowest BCUT2D eigenvalue weighted by atomic mass is 10.0. The Kier molecular flexibility index (Phi) is 2.18. The Hall–Kier alpha value is -0.980. The van der Waals surface area contributed by atoms with Gasteiger partial charge in [-0.15, -0.1) is 0 Å². The molecule has 0 amide bonds. The molecule has 11 heavy (non-hydrogen) atoms. The van der Waals surface area contributed by atoms with Crippen LogP contribution in [0.3, 0.4) is 0 Å². The Balaban J connectivity index is 3.09. The van der Waals surface area contributed by atoms with Gasteiger partial charge in [-0.1, -0.05) is 26.0 Å². The molecule has 0 aliphatic rings. The van der Waals surface area contributed by atoms with Crippen molar-refractivity contribution < 1.29 is 5.11 Å². The van der Waals surface area contributed by atoms with Gasteiger partial charge in [0.05, 0.1) is 0 Å². The maximum absolute atomic E-state index is 11.3. The van der Waals surface area contributed by atoms with Crippen LogP contribution in [0.4, 0.5) is 0 Å². The lowest BCUT2D eigenvalue weighted by Gasteiger charge is -2.05. The van der Waals surface area contributed by atoms with Gasteiger partial charge in [0.1, 0.15) is 0 Å². The van der Waals surface area contributed by atoms with Gasteiger partial charge in [0.15, 0.2) is 5.75 Å². The fraction of sp³-hybridized carbons (Fsp3) is 0.400. The molecule has 0 fully saturated rings. The summed E-state index contributed by atoms with van der Waals surface area (Å²) in [5.41, 5.74) is 1.95. The van der Waals surface area contributed by atoms with Gasteiger partial charge < -0.3 is 0 Å². The quantitative estimate of drug-likeness (QED) is 0.584. The predicted molar refractivity (Wildman–Crippen MR) is 45.4 cm³/mol. The van der Waals surface area contributed by atoms with E-state index in [1.165, 1.54) is 0 Å². The Bertz CT molecular complexity index is 251. The first-order chi connectivity index (χ1) is 5.11. The zero-order valence-electron chi connectivity index (χ0n) is 7.22. The molecule has 0 heterocycles. The van der Waals surface area contributed by atoms with Gasteiger partial charge in [-0.3, -0.25) is 5.11 Å². The van der Waals surface area contributed by atoms with Crippen molar-refractivity contribution >= 4 is 0 Å². The maximum Gasteiger partial charge on any atom is 0.182 e. The topological polar surface area (TPSA) is 19.9 Å². The molecule has 1 nitrogen and oxygen atoms in total. The summed E-state index contributed by atoms with van der Waals surface area (Å²) in [6, 6.07) is 5.59. The predicted octanol–water partition coefficient (Wildman–Crippen LogP) is 3.26. The van der Waals surface area contributed by atoms with Crippen molar-refractivity contribution in [3.63, 3.8) is 0 Å². The van der Waals surface area contributed by atoms with E-state index in [1.807, 2.05) is 32.9 Å². The molecular formula is C10H13O. The van der Waals surface area contributed by atoms with Gasteiger partial charge in [-0.2, -0.15) is 0 Å². The molecule has 1 heteroatoms. The second-order valence-corrected chi connectivity index (χ2v) is 3.20. The van der Waals surface area contributed by atoms with E-state index in [0.29, 0.717) is 5.92 Å². The highest BCUT2D eigenvalue weighted by atomic mass is 16.3. The fourth-order valence-corrected chi connectivity index (χ4v) is 1.12. The van der Waals surface area contributed by atoms with Gasteiger partial charge in [-0.05, 0) is 24.5 Å². The maximum atomic E-state index is 11.3. The summed E-state index contributed by atoms with van der Waals surface area (Å²) in [4.78, 5) is 0. The van der Waals surface area contributed by atoms with Crippen LogP contribution in [0.2, 0.25) is 0 Å². The smallest absolute Gasteiger partial charge is 0.182 e. The van der Waals surface area contributed by atoms with Gasteiger partial charge in [0.25, 0.3) is 0 Å². The summed E-state index contributed by atoms with van der Waals surface area (Å²) >= 11 is 0. The molecule has 59 valence electrons. The van der Waals surface area contributed by atoms with E-state index < -0.39 is 0 Å². The van der Waals surface area contributed by atoms with E-state index in [0.717, 1.165) is 11.1 Å². The third-order valence-corrected chi connectivity index (χ3v) is 1.79. The van der Waals surface area contributed by atoms with Gasteiger partial charge in [0.2, 0.25) is 0 Å². The molecule has 0 unspecified atom stereocenters. The summed E-state index contributed by atoms with van der Waals surface area (Å²) in [5, 5.41) is 11.3. The summed E-state index contributed by atoms with van der Waals surface area (Å²) < 4.78 is 0. The monoisotopic (exact) mass is 149 g/mol. The molecule has 0 aliphatic heterocycles. The molecule has 0 spiro atoms. The van der Waals surface area contributed by atoms with E-state index in [4.69, 9.17) is 0 Å². The van der Waals surface area contributed by atoms with Crippen molar-refractivity contribution in [2.75, 3.05) is 0 Å². The van der Waals surface area contributed by atoms with Crippen molar-refractivity contribution in [3.05, 3.63) is 29.3 Å². The highest BCUT2D eigenvalue weighted by Gasteiger charge is 2.05. The van der Waals surface area contributed by atoms with E-state index in [1.54, 1.807) is 6.07 Å². The van der Waals surface area contributed by atoms with Gasteiger partial charge in [0, 0.05) is 5.56 Å². The van der Waals surface area contributed by atoms with E-state index in [9.17, 15) is 5.11 Å². The standard InChI is InChI=1S/C10H13O/c1-7(2)9-5-4-8(3)6-10(9)11/h4-7H,1-3H3. The lowest BCUT2D eigenvalue weighted by molar-refractivity contribution is 0.348. The molecule has 0 saturated carbocycles. The normalized spacial score (nSPS) is 10.5. The van der Waals surface area contributed by atoms with Crippen LogP contribution in [0, 0.1) is 6.92 Å². The molecule has 0 atom stereocenters. The molecule has 1 radical (unpaired) electrons. The largest absolute Gasteiger partial charge is 0.290 e. The van der Waals surface area contributed by atoms with Crippen LogP contribution in [0.5, 0.6) is 5.75 Å². The highest BCUT2D eigenvalue weighted by Crippen LogP contribution is 2.26. The minimum atomic E-state index is 0.167. The SMILES string of the molecule is Cc1ccc(C(C)C)c([O])c1. The average molecular weight is 149 g/mol.